The first-order valence-electron chi connectivity index (χ1n) is 11.3. The van der Waals surface area contributed by atoms with Crippen LogP contribution in [0.1, 0.15) is 54.1 Å². The van der Waals surface area contributed by atoms with Gasteiger partial charge in [-0.1, -0.05) is 12.1 Å². The quantitative estimate of drug-likeness (QED) is 0.546. The number of hydrogen-bond donors (Lipinski definition) is 1. The molecule has 166 valence electrons. The summed E-state index contributed by atoms with van der Waals surface area (Å²) in [4.78, 5) is 24.3. The average Bonchev–Trinajstić information content (AvgIpc) is 3.58. The van der Waals surface area contributed by atoms with Crippen molar-refractivity contribution in [2.75, 3.05) is 19.0 Å². The maximum atomic E-state index is 13.2. The number of benzene rings is 1. The van der Waals surface area contributed by atoms with Gasteiger partial charge in [-0.15, -0.1) is 11.3 Å². The molecule has 3 aromatic rings. The summed E-state index contributed by atoms with van der Waals surface area (Å²) in [7, 11) is 1.72. The molecule has 1 aliphatic carbocycles. The normalized spacial score (nSPS) is 17.4. The minimum absolute atomic E-state index is 0.0301. The lowest BCUT2D eigenvalue weighted by atomic mass is 10.0. The Balaban J connectivity index is 1.27. The molecule has 1 amide bonds. The van der Waals surface area contributed by atoms with Gasteiger partial charge in [0.1, 0.15) is 11.6 Å². The molecular weight excluding hydrogens is 420 g/mol. The van der Waals surface area contributed by atoms with Gasteiger partial charge in [0.2, 0.25) is 5.91 Å². The van der Waals surface area contributed by atoms with E-state index >= 15 is 0 Å². The number of pyridine rings is 1. The number of aromatic nitrogens is 2. The van der Waals surface area contributed by atoms with Gasteiger partial charge in [-0.2, -0.15) is 0 Å². The first-order valence-corrected chi connectivity index (χ1v) is 12.2. The Hall–Kier alpha value is -2.93. The second kappa shape index (κ2) is 9.28. The Morgan fingerprint density at radius 3 is 2.94 bits per heavy atom. The predicted octanol–water partition coefficient (Wildman–Crippen LogP) is 5.08. The fourth-order valence-electron chi connectivity index (χ4n) is 4.90. The van der Waals surface area contributed by atoms with Gasteiger partial charge in [0.05, 0.1) is 18.8 Å². The van der Waals surface area contributed by atoms with Crippen molar-refractivity contribution in [3.63, 3.8) is 0 Å². The van der Waals surface area contributed by atoms with Gasteiger partial charge in [0, 0.05) is 24.5 Å². The van der Waals surface area contributed by atoms with E-state index in [1.165, 1.54) is 28.9 Å². The Labute approximate surface area is 192 Å². The van der Waals surface area contributed by atoms with Gasteiger partial charge in [-0.05, 0) is 73.4 Å². The van der Waals surface area contributed by atoms with E-state index in [0.717, 1.165) is 60.2 Å². The molecule has 1 fully saturated rings. The topological polar surface area (TPSA) is 67.3 Å². The largest absolute Gasteiger partial charge is 0.496 e. The van der Waals surface area contributed by atoms with E-state index in [-0.39, 0.29) is 11.9 Å². The maximum absolute atomic E-state index is 13.2. The van der Waals surface area contributed by atoms with E-state index in [9.17, 15) is 4.79 Å². The van der Waals surface area contributed by atoms with Gasteiger partial charge in [-0.25, -0.2) is 9.97 Å². The number of thiazole rings is 1. The number of carbonyl (C=O) groups excluding carboxylic acids is 1. The number of fused-ring (bicyclic) bond motifs is 1. The van der Waals surface area contributed by atoms with Gasteiger partial charge in [0.25, 0.3) is 0 Å². The fourth-order valence-corrected chi connectivity index (χ4v) is 5.43. The molecule has 2 aromatic heterocycles. The van der Waals surface area contributed by atoms with Crippen molar-refractivity contribution >= 4 is 28.2 Å². The van der Waals surface area contributed by atoms with Crippen LogP contribution in [0.15, 0.2) is 41.9 Å². The minimum atomic E-state index is 0.0301. The summed E-state index contributed by atoms with van der Waals surface area (Å²) in [6.45, 7) is 0.788. The summed E-state index contributed by atoms with van der Waals surface area (Å²) in [6, 6.07) is 10.4. The van der Waals surface area contributed by atoms with Crippen LogP contribution < -0.4 is 10.1 Å². The molecule has 5 rings (SSSR count). The van der Waals surface area contributed by atoms with Crippen LogP contribution in [0.25, 0.3) is 0 Å². The van der Waals surface area contributed by atoms with E-state index in [2.05, 4.69) is 22.4 Å². The van der Waals surface area contributed by atoms with Crippen LogP contribution >= 0.6 is 11.3 Å². The van der Waals surface area contributed by atoms with Crippen LogP contribution in [0, 0.1) is 0 Å². The van der Waals surface area contributed by atoms with Gasteiger partial charge in [0.15, 0.2) is 5.13 Å². The summed E-state index contributed by atoms with van der Waals surface area (Å²) in [6.07, 6.45) is 8.38. The Morgan fingerprint density at radius 1 is 1.25 bits per heavy atom. The number of ether oxygens (including phenoxy) is 1. The average molecular weight is 449 g/mol. The number of rotatable bonds is 7. The van der Waals surface area contributed by atoms with Crippen molar-refractivity contribution in [2.45, 2.75) is 51.0 Å². The first-order chi connectivity index (χ1) is 15.7. The third kappa shape index (κ3) is 4.35. The third-order valence-electron chi connectivity index (χ3n) is 6.46. The minimum Gasteiger partial charge on any atom is -0.496 e. The molecule has 1 saturated heterocycles. The molecule has 0 saturated carbocycles. The molecule has 1 aromatic carbocycles. The van der Waals surface area contributed by atoms with E-state index in [1.807, 2.05) is 28.5 Å². The lowest BCUT2D eigenvalue weighted by Crippen LogP contribution is -2.31. The van der Waals surface area contributed by atoms with Crippen molar-refractivity contribution in [3.05, 3.63) is 64.3 Å². The number of anilines is 2. The van der Waals surface area contributed by atoms with Crippen molar-refractivity contribution in [1.82, 2.24) is 14.9 Å². The van der Waals surface area contributed by atoms with Crippen LogP contribution in [-0.4, -0.2) is 34.4 Å². The lowest BCUT2D eigenvalue weighted by molar-refractivity contribution is -0.132. The molecule has 32 heavy (non-hydrogen) atoms. The summed E-state index contributed by atoms with van der Waals surface area (Å²) >= 11 is 1.54. The van der Waals surface area contributed by atoms with E-state index in [4.69, 9.17) is 9.72 Å². The number of likely N-dealkylation sites (tertiary alicyclic amines) is 1. The van der Waals surface area contributed by atoms with Crippen LogP contribution in [0.5, 0.6) is 5.75 Å². The number of aryl methyl sites for hydroxylation is 3. The zero-order chi connectivity index (χ0) is 21.9. The number of nitrogens with zero attached hydrogens (tertiary/aromatic N) is 3. The number of hydrogen-bond acceptors (Lipinski definition) is 6. The Kier molecular flexibility index (Phi) is 6.08. The van der Waals surface area contributed by atoms with E-state index < -0.39 is 0 Å². The fraction of sp³-hybridized carbons (Fsp3) is 0.400. The molecule has 0 radical (unpaired) electrons. The predicted molar refractivity (Wildman–Crippen MR) is 127 cm³/mol. The SMILES string of the molecule is COc1cc2c(cc1CCC(=O)N1CCC[C@@H]1c1cccc(Nc3nccs3)n1)CCC2. The number of methoxy groups -OCH3 is 1. The van der Waals surface area contributed by atoms with Crippen molar-refractivity contribution in [3.8, 4) is 5.75 Å². The highest BCUT2D eigenvalue weighted by atomic mass is 32.1. The zero-order valence-electron chi connectivity index (χ0n) is 18.3. The summed E-state index contributed by atoms with van der Waals surface area (Å²) in [5, 5.41) is 6.00. The van der Waals surface area contributed by atoms with Crippen LogP contribution in [-0.2, 0) is 24.1 Å². The third-order valence-corrected chi connectivity index (χ3v) is 7.14. The van der Waals surface area contributed by atoms with Crippen LogP contribution in [0.2, 0.25) is 0 Å². The molecule has 0 unspecified atom stereocenters. The number of amides is 1. The number of nitrogens with one attached hydrogen (secondary N) is 1. The molecule has 0 bridgehead atoms. The molecule has 7 heteroatoms. The first kappa shape index (κ1) is 20.9. The number of carbonyl (C=O) groups is 1. The second-order valence-corrected chi connectivity index (χ2v) is 9.34. The Morgan fingerprint density at radius 2 is 2.12 bits per heavy atom. The molecular formula is C25H28N4O2S. The lowest BCUT2D eigenvalue weighted by Gasteiger charge is -2.25. The molecule has 1 N–H and O–H groups in total. The molecule has 0 spiro atoms. The second-order valence-electron chi connectivity index (χ2n) is 8.44. The molecule has 2 aliphatic rings. The van der Waals surface area contributed by atoms with Gasteiger partial charge >= 0.3 is 0 Å². The van der Waals surface area contributed by atoms with E-state index in [1.54, 1.807) is 13.3 Å². The zero-order valence-corrected chi connectivity index (χ0v) is 19.2. The molecule has 6 nitrogen and oxygen atoms in total. The smallest absolute Gasteiger partial charge is 0.223 e. The van der Waals surface area contributed by atoms with Crippen molar-refractivity contribution < 1.29 is 9.53 Å². The molecule has 1 aliphatic heterocycles. The summed E-state index contributed by atoms with van der Waals surface area (Å²) < 4.78 is 5.63. The molecule has 3 heterocycles. The summed E-state index contributed by atoms with van der Waals surface area (Å²) in [5.74, 6) is 1.87. The highest BCUT2D eigenvalue weighted by Gasteiger charge is 2.31. The summed E-state index contributed by atoms with van der Waals surface area (Å²) in [5.41, 5.74) is 4.90. The van der Waals surface area contributed by atoms with Crippen LogP contribution in [0.4, 0.5) is 10.9 Å². The maximum Gasteiger partial charge on any atom is 0.223 e. The Bertz CT molecular complexity index is 1100. The van der Waals surface area contributed by atoms with Gasteiger partial charge < -0.3 is 15.0 Å². The van der Waals surface area contributed by atoms with Gasteiger partial charge in [-0.3, -0.25) is 4.79 Å². The highest BCUT2D eigenvalue weighted by molar-refractivity contribution is 7.13. The standard InChI is InChI=1S/C25H28N4O2S/c1-31-22-16-18-6-2-5-17(18)15-19(22)10-11-24(30)29-13-4-8-21(29)20-7-3-9-23(27-20)28-25-26-12-14-32-25/h3,7,9,12,14-16,21H,2,4-6,8,10-11,13H2,1H3,(H,26,27,28)/t21-/m1/s1. The molecule has 1 atom stereocenters. The highest BCUT2D eigenvalue weighted by Crippen LogP contribution is 2.34. The van der Waals surface area contributed by atoms with Crippen LogP contribution in [0.3, 0.4) is 0 Å². The monoisotopic (exact) mass is 448 g/mol. The van der Waals surface area contributed by atoms with Crippen molar-refractivity contribution in [2.24, 2.45) is 0 Å². The van der Waals surface area contributed by atoms with Crippen molar-refractivity contribution in [1.29, 1.82) is 0 Å². The van der Waals surface area contributed by atoms with E-state index in [0.29, 0.717) is 12.8 Å².